The van der Waals surface area contributed by atoms with Crippen LogP contribution in [0.25, 0.3) is 11.4 Å². The highest BCUT2D eigenvalue weighted by Gasteiger charge is 2.31. The molecule has 14 heteroatoms. The lowest BCUT2D eigenvalue weighted by Gasteiger charge is -2.35. The van der Waals surface area contributed by atoms with Gasteiger partial charge in [-0.3, -0.25) is 19.3 Å². The van der Waals surface area contributed by atoms with Gasteiger partial charge in [0.25, 0.3) is 5.91 Å². The number of benzene rings is 1. The van der Waals surface area contributed by atoms with E-state index in [1.54, 1.807) is 13.0 Å². The predicted octanol–water partition coefficient (Wildman–Crippen LogP) is 1.69. The van der Waals surface area contributed by atoms with E-state index in [0.717, 1.165) is 25.8 Å². The minimum absolute atomic E-state index is 0.00246. The summed E-state index contributed by atoms with van der Waals surface area (Å²) < 4.78 is 4.79. The summed E-state index contributed by atoms with van der Waals surface area (Å²) in [6.45, 7) is 3.93. The molecule has 238 valence electrons. The van der Waals surface area contributed by atoms with E-state index in [-0.39, 0.29) is 64.0 Å². The number of aliphatic hydroxyl groups is 1. The molecule has 1 aromatic carbocycles. The molecule has 2 amide bonds. The maximum Gasteiger partial charge on any atom is 0.527 e. The fourth-order valence-electron chi connectivity index (χ4n) is 5.32. The number of hydroxylamine groups is 2. The zero-order valence-electron chi connectivity index (χ0n) is 24.9. The van der Waals surface area contributed by atoms with Crippen molar-refractivity contribution < 1.29 is 39.0 Å². The van der Waals surface area contributed by atoms with E-state index in [4.69, 9.17) is 14.6 Å². The Balaban J connectivity index is 1.52. The van der Waals surface area contributed by atoms with E-state index in [2.05, 4.69) is 15.2 Å². The average Bonchev–Trinajstić information content (AvgIpc) is 3.03. The number of piperazine rings is 1. The first-order valence-electron chi connectivity index (χ1n) is 15.0. The summed E-state index contributed by atoms with van der Waals surface area (Å²) in [5.74, 6) is -1.82. The molecule has 0 radical (unpaired) electrons. The van der Waals surface area contributed by atoms with Crippen LogP contribution in [-0.2, 0) is 25.7 Å². The van der Waals surface area contributed by atoms with Gasteiger partial charge in [0.05, 0.1) is 32.0 Å². The standard InChI is InChI=1S/C30H40N6O8/c1-2-43-30(42)44-36-16-14-34(15-17-36)29(41)24(11-12-26(38)39)33-28(40)25-18-22(19-35-13-7-6-10-23(35)20-37)31-27(32-25)21-8-4-3-5-9-21/h3-5,8-9,18,23-24,37H,2,6-7,10-17,19-20H2,1H3,(H,33,40)(H,38,39)/t23-,24?/m0/s1. The van der Waals surface area contributed by atoms with Crippen molar-refractivity contribution in [2.24, 2.45) is 0 Å². The molecule has 1 aromatic heterocycles. The van der Waals surface area contributed by atoms with Gasteiger partial charge in [-0.25, -0.2) is 14.8 Å². The third-order valence-electron chi connectivity index (χ3n) is 7.64. The van der Waals surface area contributed by atoms with E-state index in [1.165, 1.54) is 9.96 Å². The van der Waals surface area contributed by atoms with Crippen molar-refractivity contribution in [3.05, 3.63) is 47.8 Å². The van der Waals surface area contributed by atoms with Crippen molar-refractivity contribution in [2.75, 3.05) is 45.9 Å². The number of ether oxygens (including phenoxy) is 1. The number of piperidine rings is 1. The third-order valence-corrected chi connectivity index (χ3v) is 7.64. The molecule has 2 atom stereocenters. The number of aliphatic carboxylic acids is 1. The number of amides is 2. The Morgan fingerprint density at radius 2 is 1.80 bits per heavy atom. The summed E-state index contributed by atoms with van der Waals surface area (Å²) in [7, 11) is 0. The fourth-order valence-corrected chi connectivity index (χ4v) is 5.32. The molecule has 2 aromatic rings. The highest BCUT2D eigenvalue weighted by atomic mass is 16.8. The van der Waals surface area contributed by atoms with Crippen molar-refractivity contribution in [2.45, 2.75) is 57.7 Å². The number of carboxylic acid groups (broad SMARTS) is 1. The number of rotatable bonds is 12. The molecule has 44 heavy (non-hydrogen) atoms. The van der Waals surface area contributed by atoms with Crippen molar-refractivity contribution in [1.29, 1.82) is 0 Å². The molecule has 4 rings (SSSR count). The Hall–Kier alpha value is -4.14. The van der Waals surface area contributed by atoms with Crippen LogP contribution in [0.4, 0.5) is 4.79 Å². The summed E-state index contributed by atoms with van der Waals surface area (Å²) in [5.41, 5.74) is 1.35. The molecule has 0 spiro atoms. The van der Waals surface area contributed by atoms with Crippen LogP contribution in [0.3, 0.4) is 0 Å². The number of nitrogens with one attached hydrogen (secondary N) is 1. The quantitative estimate of drug-likeness (QED) is 0.296. The molecule has 3 N–H and O–H groups in total. The first-order chi connectivity index (χ1) is 21.3. The number of carbonyl (C=O) groups is 4. The van der Waals surface area contributed by atoms with E-state index in [0.29, 0.717) is 23.6 Å². The van der Waals surface area contributed by atoms with Gasteiger partial charge < -0.3 is 30.0 Å². The summed E-state index contributed by atoms with van der Waals surface area (Å²) >= 11 is 0. The molecular weight excluding hydrogens is 572 g/mol. The summed E-state index contributed by atoms with van der Waals surface area (Å²) in [5, 5.41) is 23.3. The van der Waals surface area contributed by atoms with Crippen LogP contribution >= 0.6 is 0 Å². The van der Waals surface area contributed by atoms with E-state index < -0.39 is 30.0 Å². The average molecular weight is 613 g/mol. The molecular formula is C30H40N6O8. The van der Waals surface area contributed by atoms with Gasteiger partial charge in [-0.1, -0.05) is 36.8 Å². The largest absolute Gasteiger partial charge is 0.527 e. The number of aliphatic hydroxyl groups excluding tert-OH is 1. The first-order valence-corrected chi connectivity index (χ1v) is 15.0. The predicted molar refractivity (Wildman–Crippen MR) is 157 cm³/mol. The number of likely N-dealkylation sites (tertiary alicyclic amines) is 1. The SMILES string of the molecule is CCOC(=O)ON1CCN(C(=O)C(CCC(=O)O)NC(=O)c2cc(CN3CCCC[C@H]3CO)nc(-c3ccccc3)n2)CC1. The Labute approximate surface area is 255 Å². The van der Waals surface area contributed by atoms with Crippen LogP contribution in [0.15, 0.2) is 36.4 Å². The summed E-state index contributed by atoms with van der Waals surface area (Å²) in [6, 6.07) is 9.68. The number of hydrogen-bond donors (Lipinski definition) is 3. The highest BCUT2D eigenvalue weighted by Crippen LogP contribution is 2.21. The maximum atomic E-state index is 13.6. The second kappa shape index (κ2) is 16.1. The van der Waals surface area contributed by atoms with E-state index >= 15 is 0 Å². The molecule has 14 nitrogen and oxygen atoms in total. The van der Waals surface area contributed by atoms with Crippen LogP contribution in [0.2, 0.25) is 0 Å². The second-order valence-electron chi connectivity index (χ2n) is 10.7. The molecule has 2 fully saturated rings. The van der Waals surface area contributed by atoms with Crippen LogP contribution in [0.1, 0.15) is 55.2 Å². The van der Waals surface area contributed by atoms with Crippen molar-refractivity contribution >= 4 is 23.9 Å². The van der Waals surface area contributed by atoms with Gasteiger partial charge in [0.1, 0.15) is 11.7 Å². The molecule has 0 saturated carbocycles. The molecule has 0 bridgehead atoms. The van der Waals surface area contributed by atoms with Gasteiger partial charge in [-0.2, -0.15) is 0 Å². The maximum absolute atomic E-state index is 13.6. The fraction of sp³-hybridized carbons (Fsp3) is 0.533. The van der Waals surface area contributed by atoms with Crippen LogP contribution in [0, 0.1) is 0 Å². The lowest BCUT2D eigenvalue weighted by molar-refractivity contribution is -0.157. The highest BCUT2D eigenvalue weighted by molar-refractivity contribution is 5.96. The number of hydrogen-bond acceptors (Lipinski definition) is 11. The lowest BCUT2D eigenvalue weighted by atomic mass is 10.0. The smallest absolute Gasteiger partial charge is 0.481 e. The van der Waals surface area contributed by atoms with E-state index in [9.17, 15) is 29.4 Å². The molecule has 2 saturated heterocycles. The summed E-state index contributed by atoms with van der Waals surface area (Å²) in [4.78, 5) is 68.1. The Morgan fingerprint density at radius 3 is 2.48 bits per heavy atom. The minimum atomic E-state index is -1.12. The zero-order chi connectivity index (χ0) is 31.5. The second-order valence-corrected chi connectivity index (χ2v) is 10.7. The van der Waals surface area contributed by atoms with Gasteiger partial charge in [0.15, 0.2) is 5.82 Å². The van der Waals surface area contributed by atoms with Gasteiger partial charge in [-0.05, 0) is 38.8 Å². The molecule has 1 unspecified atom stereocenters. The van der Waals surface area contributed by atoms with Crippen LogP contribution in [-0.4, -0.2) is 117 Å². The van der Waals surface area contributed by atoms with Crippen LogP contribution < -0.4 is 5.32 Å². The molecule has 3 heterocycles. The molecule has 2 aliphatic heterocycles. The van der Waals surface area contributed by atoms with Crippen molar-refractivity contribution in [3.63, 3.8) is 0 Å². The normalized spacial score (nSPS) is 18.3. The van der Waals surface area contributed by atoms with Gasteiger partial charge in [0, 0.05) is 37.7 Å². The number of carbonyl (C=O) groups excluding carboxylic acids is 3. The number of nitrogens with zero attached hydrogens (tertiary/aromatic N) is 5. The Kier molecular flexibility index (Phi) is 12.0. The van der Waals surface area contributed by atoms with Gasteiger partial charge in [-0.15, -0.1) is 5.06 Å². The van der Waals surface area contributed by atoms with Gasteiger partial charge >= 0.3 is 12.1 Å². The van der Waals surface area contributed by atoms with E-state index in [1.807, 2.05) is 30.3 Å². The first kappa shape index (κ1) is 32.8. The Morgan fingerprint density at radius 1 is 1.05 bits per heavy atom. The zero-order valence-corrected chi connectivity index (χ0v) is 24.9. The van der Waals surface area contributed by atoms with Crippen molar-refractivity contribution in [1.82, 2.24) is 30.1 Å². The summed E-state index contributed by atoms with van der Waals surface area (Å²) in [6.07, 6.45) is 1.63. The van der Waals surface area contributed by atoms with Gasteiger partial charge in [0.2, 0.25) is 5.91 Å². The van der Waals surface area contributed by atoms with Crippen LogP contribution in [0.5, 0.6) is 0 Å². The third kappa shape index (κ3) is 9.18. The van der Waals surface area contributed by atoms with Crippen molar-refractivity contribution in [3.8, 4) is 11.4 Å². The topological polar surface area (TPSA) is 175 Å². The monoisotopic (exact) mass is 612 g/mol. The number of carboxylic acids is 1. The molecule has 0 aliphatic carbocycles. The lowest BCUT2D eigenvalue weighted by Crippen LogP contribution is -2.55. The Bertz CT molecular complexity index is 1290. The minimum Gasteiger partial charge on any atom is -0.481 e. The molecule has 2 aliphatic rings. The number of aromatic nitrogens is 2.